The SMILES string of the molecule is COc1cc2c(Oc3ccc(NC(=O)C4(C(=O)Nc5ccc(F)cc5)CC4)cc3)ccnc2cc1N1CCC(CN2CC(C(=O)N[C@H](C(=O)N3C[C@H](O)C[C@H]3C(=O)CCc3ccc(-c4scnc4C)cc3)C(C)(C)C)C2)CC1. The Morgan fingerprint density at radius 2 is 1.53 bits per heavy atom. The number of anilines is 3. The number of hydrogen-bond acceptors (Lipinski definition) is 13. The Kier molecular flexibility index (Phi) is 15.7. The number of halogens is 1. The van der Waals surface area contributed by atoms with E-state index >= 15 is 0 Å². The molecule has 10 rings (SSSR count). The fraction of sp³-hybridized carbons (Fsp3) is 0.417. The number of rotatable bonds is 18. The molecule has 3 aliphatic heterocycles. The van der Waals surface area contributed by atoms with Crippen LogP contribution in [0.15, 0.2) is 103 Å². The summed E-state index contributed by atoms with van der Waals surface area (Å²) in [5.74, 6) is 0.132. The Morgan fingerprint density at radius 1 is 0.859 bits per heavy atom. The molecule has 0 spiro atoms. The summed E-state index contributed by atoms with van der Waals surface area (Å²) in [6.45, 7) is 11.5. The predicted octanol–water partition coefficient (Wildman–Crippen LogP) is 8.81. The third-order valence-corrected chi connectivity index (χ3v) is 16.8. The van der Waals surface area contributed by atoms with Crippen LogP contribution in [0.2, 0.25) is 0 Å². The summed E-state index contributed by atoms with van der Waals surface area (Å²) in [6, 6.07) is 24.6. The highest BCUT2D eigenvalue weighted by Crippen LogP contribution is 2.48. The van der Waals surface area contributed by atoms with Crippen LogP contribution < -0.4 is 30.3 Å². The maximum atomic E-state index is 14.3. The van der Waals surface area contributed by atoms with Crippen molar-refractivity contribution in [2.24, 2.45) is 22.7 Å². The van der Waals surface area contributed by atoms with Crippen LogP contribution in [-0.4, -0.2) is 119 Å². The molecule has 5 heterocycles. The van der Waals surface area contributed by atoms with E-state index in [9.17, 15) is 33.5 Å². The molecule has 16 nitrogen and oxygen atoms in total. The number of hydrogen-bond donors (Lipinski definition) is 4. The third kappa shape index (κ3) is 11.9. The lowest BCUT2D eigenvalue weighted by Gasteiger charge is -2.43. The Bertz CT molecular complexity index is 3180. The summed E-state index contributed by atoms with van der Waals surface area (Å²) in [7, 11) is 1.65. The monoisotopic (exact) mass is 1080 g/mol. The summed E-state index contributed by atoms with van der Waals surface area (Å²) in [4.78, 5) is 84.4. The fourth-order valence-electron chi connectivity index (χ4n) is 11.0. The van der Waals surface area contributed by atoms with Gasteiger partial charge in [-0.3, -0.25) is 29.0 Å². The first-order chi connectivity index (χ1) is 37.4. The van der Waals surface area contributed by atoms with Gasteiger partial charge >= 0.3 is 0 Å². The largest absolute Gasteiger partial charge is 0.495 e. The lowest BCUT2D eigenvalue weighted by atomic mass is 9.84. The summed E-state index contributed by atoms with van der Waals surface area (Å²) in [5, 5.41) is 20.2. The van der Waals surface area contributed by atoms with Crippen LogP contribution >= 0.6 is 11.3 Å². The minimum absolute atomic E-state index is 0.0508. The summed E-state index contributed by atoms with van der Waals surface area (Å²) in [6.07, 6.45) is 4.54. The van der Waals surface area contributed by atoms with Gasteiger partial charge < -0.3 is 45.2 Å². The zero-order chi connectivity index (χ0) is 54.9. The number of carbonyl (C=O) groups excluding carboxylic acids is 5. The number of methoxy groups -OCH3 is 1. The van der Waals surface area contributed by atoms with Gasteiger partial charge in [-0.15, -0.1) is 11.3 Å². The molecule has 18 heteroatoms. The van der Waals surface area contributed by atoms with Crippen LogP contribution in [0, 0.1) is 35.4 Å². The number of likely N-dealkylation sites (tertiary alicyclic amines) is 2. The molecule has 0 bridgehead atoms. The zero-order valence-corrected chi connectivity index (χ0v) is 45.5. The topological polar surface area (TPSA) is 196 Å². The quantitative estimate of drug-likeness (QED) is 0.0599. The standard InChI is InChI=1S/C60H67FN8O8S/c1-36-53(78-35-63-36)39-9-6-37(7-10-39)8-19-50(71)48-28-44(70)34-69(48)56(73)54(59(2,3)4)66-55(72)40-32-67(33-40)31-38-21-26-68(27-22-38)49-30-47-46(29-52(49)76-5)51(20-25-62-47)77-45-17-15-43(16-18-45)65-58(75)60(23-24-60)57(74)64-42-13-11-41(61)12-14-42/h6-7,9-18,20,25,29-30,35,38,40,44,48,54,70H,8,19,21-24,26-28,31-34H2,1-5H3,(H,64,74)(H,65,75)(H,66,72)/t44-,48+,54-/m1/s1. The van der Waals surface area contributed by atoms with Gasteiger partial charge in [-0.2, -0.15) is 0 Å². The molecule has 6 aromatic rings. The molecule has 1 saturated carbocycles. The normalized spacial score (nSPS) is 19.0. The molecule has 3 saturated heterocycles. The van der Waals surface area contributed by atoms with Crippen molar-refractivity contribution in [2.75, 3.05) is 61.9 Å². The highest BCUT2D eigenvalue weighted by molar-refractivity contribution is 7.13. The van der Waals surface area contributed by atoms with Gasteiger partial charge in [0.15, 0.2) is 5.78 Å². The van der Waals surface area contributed by atoms with E-state index in [0.29, 0.717) is 66.9 Å². The minimum Gasteiger partial charge on any atom is -0.495 e. The number of nitrogens with one attached hydrogen (secondary N) is 3. The number of thiazole rings is 1. The van der Waals surface area contributed by atoms with Gasteiger partial charge in [0, 0.05) is 75.1 Å². The van der Waals surface area contributed by atoms with Gasteiger partial charge in [0.25, 0.3) is 0 Å². The van der Waals surface area contributed by atoms with E-state index in [2.05, 4.69) is 35.7 Å². The van der Waals surface area contributed by atoms with Crippen LogP contribution in [-0.2, 0) is 30.4 Å². The van der Waals surface area contributed by atoms with Crippen molar-refractivity contribution in [3.8, 4) is 27.7 Å². The average Bonchev–Trinajstić information content (AvgIpc) is 4.12. The molecule has 4 amide bonds. The van der Waals surface area contributed by atoms with Crippen LogP contribution in [0.5, 0.6) is 17.2 Å². The molecule has 3 atom stereocenters. The van der Waals surface area contributed by atoms with Crippen LogP contribution in [0.1, 0.15) is 70.6 Å². The molecule has 4 N–H and O–H groups in total. The van der Waals surface area contributed by atoms with Crippen LogP contribution in [0.3, 0.4) is 0 Å². The molecule has 0 unspecified atom stereocenters. The van der Waals surface area contributed by atoms with Gasteiger partial charge in [0.1, 0.15) is 34.5 Å². The van der Waals surface area contributed by atoms with Crippen molar-refractivity contribution >= 4 is 68.7 Å². The van der Waals surface area contributed by atoms with E-state index in [1.165, 1.54) is 29.2 Å². The predicted molar refractivity (Wildman–Crippen MR) is 298 cm³/mol. The number of Topliss-reactive ketones (excluding diaryl/α,β-unsaturated/α-hetero) is 1. The molecular formula is C60H67FN8O8S. The number of amides is 4. The van der Waals surface area contributed by atoms with Gasteiger partial charge in [0.2, 0.25) is 23.6 Å². The minimum atomic E-state index is -1.19. The Morgan fingerprint density at radius 3 is 2.14 bits per heavy atom. The van der Waals surface area contributed by atoms with Crippen molar-refractivity contribution in [1.82, 2.24) is 25.1 Å². The molecule has 2 aromatic heterocycles. The van der Waals surface area contributed by atoms with Crippen molar-refractivity contribution in [2.45, 2.75) is 90.8 Å². The van der Waals surface area contributed by atoms with Crippen molar-refractivity contribution < 1.29 is 42.9 Å². The summed E-state index contributed by atoms with van der Waals surface area (Å²) in [5.41, 5.74) is 5.70. The number of benzene rings is 4. The number of aliphatic hydroxyl groups excluding tert-OH is 1. The highest BCUT2D eigenvalue weighted by Gasteiger charge is 2.56. The van der Waals surface area contributed by atoms with E-state index in [1.807, 2.05) is 69.6 Å². The van der Waals surface area contributed by atoms with Crippen molar-refractivity contribution in [3.63, 3.8) is 0 Å². The van der Waals surface area contributed by atoms with Crippen molar-refractivity contribution in [3.05, 3.63) is 120 Å². The Labute approximate surface area is 457 Å². The first-order valence-corrected chi connectivity index (χ1v) is 27.7. The van der Waals surface area contributed by atoms with E-state index < -0.39 is 46.6 Å². The number of nitrogens with zero attached hydrogens (tertiary/aromatic N) is 5. The van der Waals surface area contributed by atoms with Crippen molar-refractivity contribution in [1.29, 1.82) is 0 Å². The average molecular weight is 1080 g/mol. The molecule has 1 aliphatic carbocycles. The molecule has 4 fully saturated rings. The number of β-amino-alcohol motifs (C(OH)–C–C–N with tert-alkyl or cyclic N) is 1. The number of aliphatic hydroxyl groups is 1. The van der Waals surface area contributed by atoms with E-state index in [1.54, 1.807) is 55.0 Å². The zero-order valence-electron chi connectivity index (χ0n) is 44.7. The molecule has 4 aromatic carbocycles. The van der Waals surface area contributed by atoms with Crippen LogP contribution in [0.25, 0.3) is 21.3 Å². The first kappa shape index (κ1) is 54.1. The van der Waals surface area contributed by atoms with E-state index in [4.69, 9.17) is 9.47 Å². The Hall–Kier alpha value is -7.28. The van der Waals surface area contributed by atoms with Gasteiger partial charge in [-0.1, -0.05) is 45.0 Å². The molecule has 4 aliphatic rings. The van der Waals surface area contributed by atoms with Gasteiger partial charge in [0.05, 0.1) is 52.5 Å². The number of ether oxygens (including phenoxy) is 2. The summed E-state index contributed by atoms with van der Waals surface area (Å²) >= 11 is 1.59. The smallest absolute Gasteiger partial charge is 0.246 e. The fourth-order valence-corrected chi connectivity index (χ4v) is 11.8. The summed E-state index contributed by atoms with van der Waals surface area (Å²) < 4.78 is 25.7. The van der Waals surface area contributed by atoms with E-state index in [0.717, 1.165) is 70.8 Å². The molecule has 0 radical (unpaired) electrons. The van der Waals surface area contributed by atoms with Gasteiger partial charge in [-0.25, -0.2) is 9.37 Å². The number of carbonyl (C=O) groups is 5. The number of aryl methyl sites for hydroxylation is 2. The van der Waals surface area contributed by atoms with E-state index in [-0.39, 0.29) is 42.9 Å². The third-order valence-electron chi connectivity index (χ3n) is 15.8. The molecule has 408 valence electrons. The number of aromatic nitrogens is 2. The highest BCUT2D eigenvalue weighted by atomic mass is 32.1. The van der Waals surface area contributed by atoms with Crippen LogP contribution in [0.4, 0.5) is 21.5 Å². The number of fused-ring (bicyclic) bond motifs is 1. The lowest BCUT2D eigenvalue weighted by Crippen LogP contribution is -2.61. The maximum absolute atomic E-state index is 14.3. The second-order valence-electron chi connectivity index (χ2n) is 22.5. The first-order valence-electron chi connectivity index (χ1n) is 26.9. The lowest BCUT2D eigenvalue weighted by molar-refractivity contribution is -0.145. The molecular weight excluding hydrogens is 1010 g/mol. The number of ketones is 1. The second kappa shape index (κ2) is 22.6. The molecule has 78 heavy (non-hydrogen) atoms. The number of pyridine rings is 1. The Balaban J connectivity index is 0.687. The second-order valence-corrected chi connectivity index (χ2v) is 23.3. The maximum Gasteiger partial charge on any atom is 0.246 e. The van der Waals surface area contributed by atoms with Gasteiger partial charge in [-0.05, 0) is 128 Å². The number of piperidine rings is 1.